The molecule has 0 bridgehead atoms. The molecule has 0 spiro atoms. The largest absolute Gasteiger partial charge is 0.495 e. The van der Waals surface area contributed by atoms with Crippen LogP contribution >= 0.6 is 11.6 Å². The Morgan fingerprint density at radius 3 is 2.62 bits per heavy atom. The molecule has 0 radical (unpaired) electrons. The summed E-state index contributed by atoms with van der Waals surface area (Å²) in [6.45, 7) is 4.12. The summed E-state index contributed by atoms with van der Waals surface area (Å²) in [5.41, 5.74) is 2.29. The lowest BCUT2D eigenvalue weighted by Gasteiger charge is -2.05. The van der Waals surface area contributed by atoms with Gasteiger partial charge in [-0.1, -0.05) is 36.7 Å². The van der Waals surface area contributed by atoms with Crippen LogP contribution in [0.1, 0.15) is 25.5 Å². The molecule has 0 atom stereocenters. The highest BCUT2D eigenvalue weighted by Crippen LogP contribution is 2.30. The Morgan fingerprint density at radius 1 is 1.14 bits per heavy atom. The van der Waals surface area contributed by atoms with Crippen LogP contribution in [0, 0.1) is 0 Å². The van der Waals surface area contributed by atoms with Crippen molar-refractivity contribution >= 4 is 22.5 Å². The van der Waals surface area contributed by atoms with Crippen LogP contribution in [0.3, 0.4) is 0 Å². The highest BCUT2D eigenvalue weighted by molar-refractivity contribution is 6.32. The van der Waals surface area contributed by atoms with Crippen molar-refractivity contribution in [2.45, 2.75) is 19.8 Å². The van der Waals surface area contributed by atoms with Gasteiger partial charge < -0.3 is 9.26 Å². The maximum absolute atomic E-state index is 6.15. The molecule has 0 fully saturated rings. The minimum atomic E-state index is 0.297. The van der Waals surface area contributed by atoms with Gasteiger partial charge in [-0.25, -0.2) is 4.98 Å². The van der Waals surface area contributed by atoms with Crippen LogP contribution in [0.25, 0.3) is 22.3 Å². The topological polar surface area (TPSA) is 48.2 Å². The van der Waals surface area contributed by atoms with Gasteiger partial charge in [0.25, 0.3) is 0 Å². The van der Waals surface area contributed by atoms with Gasteiger partial charge in [0, 0.05) is 17.4 Å². The highest BCUT2D eigenvalue weighted by atomic mass is 35.5. The van der Waals surface area contributed by atoms with E-state index >= 15 is 0 Å². The monoisotopic (exact) mass is 302 g/mol. The van der Waals surface area contributed by atoms with E-state index < -0.39 is 0 Å². The molecule has 2 heterocycles. The summed E-state index contributed by atoms with van der Waals surface area (Å²) < 4.78 is 10.5. The Bertz CT molecular complexity index is 796. The van der Waals surface area contributed by atoms with Crippen molar-refractivity contribution in [3.63, 3.8) is 0 Å². The van der Waals surface area contributed by atoms with Crippen molar-refractivity contribution in [2.75, 3.05) is 7.11 Å². The molecule has 3 aromatic rings. The molecule has 0 aliphatic heterocycles. The van der Waals surface area contributed by atoms with E-state index in [2.05, 4.69) is 24.0 Å². The summed E-state index contributed by atoms with van der Waals surface area (Å²) in [5, 5.41) is 5.58. The number of rotatable bonds is 3. The quantitative estimate of drug-likeness (QED) is 0.705. The molecule has 1 aromatic carbocycles. The molecule has 0 saturated heterocycles. The van der Waals surface area contributed by atoms with E-state index in [0.717, 1.165) is 28.1 Å². The number of benzene rings is 1. The van der Waals surface area contributed by atoms with E-state index in [1.54, 1.807) is 13.2 Å². The van der Waals surface area contributed by atoms with Crippen LogP contribution in [-0.2, 0) is 0 Å². The van der Waals surface area contributed by atoms with E-state index in [4.69, 9.17) is 20.9 Å². The lowest BCUT2D eigenvalue weighted by molar-refractivity contribution is 0.373. The zero-order chi connectivity index (χ0) is 15.0. The average molecular weight is 303 g/mol. The minimum Gasteiger partial charge on any atom is -0.495 e. The zero-order valence-corrected chi connectivity index (χ0v) is 12.8. The molecule has 3 rings (SSSR count). The lowest BCUT2D eigenvalue weighted by atomic mass is 10.1. The van der Waals surface area contributed by atoms with Crippen LogP contribution in [0.2, 0.25) is 5.02 Å². The molecular formula is C16H15ClN2O2. The number of aromatic nitrogens is 2. The summed E-state index contributed by atoms with van der Waals surface area (Å²) in [5.74, 6) is 1.78. The van der Waals surface area contributed by atoms with E-state index in [1.165, 1.54) is 0 Å². The van der Waals surface area contributed by atoms with Gasteiger partial charge >= 0.3 is 0 Å². The van der Waals surface area contributed by atoms with E-state index in [1.807, 2.05) is 24.3 Å². The SMILES string of the molecule is COc1cc2ccc(-c3cc(C(C)C)on3)nc2cc1Cl. The molecular weight excluding hydrogens is 288 g/mol. The van der Waals surface area contributed by atoms with E-state index in [-0.39, 0.29) is 0 Å². The van der Waals surface area contributed by atoms with Gasteiger partial charge in [-0.2, -0.15) is 0 Å². The second-order valence-corrected chi connectivity index (χ2v) is 5.55. The Morgan fingerprint density at radius 2 is 1.95 bits per heavy atom. The maximum Gasteiger partial charge on any atom is 0.139 e. The molecule has 108 valence electrons. The molecule has 0 unspecified atom stereocenters. The molecule has 5 heteroatoms. The molecule has 2 aromatic heterocycles. The van der Waals surface area contributed by atoms with Gasteiger partial charge in [-0.05, 0) is 18.2 Å². The van der Waals surface area contributed by atoms with Crippen LogP contribution in [0.4, 0.5) is 0 Å². The second-order valence-electron chi connectivity index (χ2n) is 5.15. The van der Waals surface area contributed by atoms with Crippen molar-refractivity contribution in [3.8, 4) is 17.1 Å². The van der Waals surface area contributed by atoms with Crippen molar-refractivity contribution in [1.82, 2.24) is 10.1 Å². The zero-order valence-electron chi connectivity index (χ0n) is 12.1. The number of ether oxygens (including phenoxy) is 1. The van der Waals surface area contributed by atoms with Gasteiger partial charge in [0.05, 0.1) is 23.3 Å². The van der Waals surface area contributed by atoms with Crippen molar-refractivity contribution in [2.24, 2.45) is 0 Å². The Kier molecular flexibility index (Phi) is 3.55. The summed E-state index contributed by atoms with van der Waals surface area (Å²) >= 11 is 6.15. The van der Waals surface area contributed by atoms with Gasteiger partial charge in [0.1, 0.15) is 17.2 Å². The fourth-order valence-electron chi connectivity index (χ4n) is 2.11. The first-order chi connectivity index (χ1) is 10.1. The first-order valence-electron chi connectivity index (χ1n) is 6.69. The van der Waals surface area contributed by atoms with Crippen LogP contribution in [0.15, 0.2) is 34.9 Å². The fraction of sp³-hybridized carbons (Fsp3) is 0.250. The van der Waals surface area contributed by atoms with Crippen molar-refractivity contribution in [1.29, 1.82) is 0 Å². The predicted octanol–water partition coefficient (Wildman–Crippen LogP) is 4.68. The van der Waals surface area contributed by atoms with Gasteiger partial charge in [-0.15, -0.1) is 0 Å². The standard InChI is InChI=1S/C16H15ClN2O2/c1-9(2)15-8-14(19-21-15)12-5-4-10-6-16(20-3)11(17)7-13(10)18-12/h4-9H,1-3H3. The third-order valence-corrected chi connectivity index (χ3v) is 3.62. The molecule has 0 amide bonds. The number of fused-ring (bicyclic) bond motifs is 1. The number of nitrogens with zero attached hydrogens (tertiary/aromatic N) is 2. The fourth-order valence-corrected chi connectivity index (χ4v) is 2.34. The highest BCUT2D eigenvalue weighted by Gasteiger charge is 2.12. The molecule has 0 saturated carbocycles. The Balaban J connectivity index is 2.07. The minimum absolute atomic E-state index is 0.297. The van der Waals surface area contributed by atoms with Gasteiger partial charge in [0.15, 0.2) is 0 Å². The van der Waals surface area contributed by atoms with Crippen LogP contribution < -0.4 is 4.74 Å². The van der Waals surface area contributed by atoms with Crippen LogP contribution in [0.5, 0.6) is 5.75 Å². The summed E-state index contributed by atoms with van der Waals surface area (Å²) in [4.78, 5) is 4.59. The number of methoxy groups -OCH3 is 1. The Hall–Kier alpha value is -2.07. The van der Waals surface area contributed by atoms with Gasteiger partial charge in [-0.3, -0.25) is 0 Å². The predicted molar refractivity (Wildman–Crippen MR) is 82.9 cm³/mol. The number of hydrogen-bond donors (Lipinski definition) is 0. The smallest absolute Gasteiger partial charge is 0.139 e. The molecule has 0 N–H and O–H groups in total. The molecule has 4 nitrogen and oxygen atoms in total. The molecule has 21 heavy (non-hydrogen) atoms. The van der Waals surface area contributed by atoms with Crippen molar-refractivity contribution < 1.29 is 9.26 Å². The molecule has 0 aliphatic rings. The van der Waals surface area contributed by atoms with Gasteiger partial charge in [0.2, 0.25) is 0 Å². The average Bonchev–Trinajstić information content (AvgIpc) is 2.96. The Labute approximate surface area is 127 Å². The summed E-state index contributed by atoms with van der Waals surface area (Å²) in [6.07, 6.45) is 0. The lowest BCUT2D eigenvalue weighted by Crippen LogP contribution is -1.88. The normalized spacial score (nSPS) is 11.3. The maximum atomic E-state index is 6.15. The third-order valence-electron chi connectivity index (χ3n) is 3.32. The number of halogens is 1. The number of hydrogen-bond acceptors (Lipinski definition) is 4. The van der Waals surface area contributed by atoms with Crippen LogP contribution in [-0.4, -0.2) is 17.3 Å². The van der Waals surface area contributed by atoms with Crippen molar-refractivity contribution in [3.05, 3.63) is 41.1 Å². The van der Waals surface area contributed by atoms with E-state index in [0.29, 0.717) is 16.7 Å². The summed E-state index contributed by atoms with van der Waals surface area (Å²) in [6, 6.07) is 9.47. The first kappa shape index (κ1) is 13.9. The molecule has 0 aliphatic carbocycles. The summed E-state index contributed by atoms with van der Waals surface area (Å²) in [7, 11) is 1.59. The second kappa shape index (κ2) is 5.37. The number of pyridine rings is 1. The van der Waals surface area contributed by atoms with E-state index in [9.17, 15) is 0 Å². The first-order valence-corrected chi connectivity index (χ1v) is 7.07. The third kappa shape index (κ3) is 2.59.